The number of hydrogen-bond donors (Lipinski definition) is 2. The van der Waals surface area contributed by atoms with Crippen LogP contribution in [0, 0.1) is 0 Å². The molecule has 0 aliphatic carbocycles. The third kappa shape index (κ3) is 7.14. The monoisotopic (exact) mass is 495 g/mol. The van der Waals surface area contributed by atoms with E-state index in [9.17, 15) is 4.79 Å². The number of nitrogens with one attached hydrogen (secondary N) is 2. The number of aromatic nitrogens is 1. The molecule has 1 saturated heterocycles. The number of aliphatic imine (C=N–C) groups is 1. The molecule has 0 amide bonds. The summed E-state index contributed by atoms with van der Waals surface area (Å²) in [6, 6.07) is 3.99. The molecule has 1 atom stereocenters. The maximum absolute atomic E-state index is 11.1. The van der Waals surface area contributed by atoms with E-state index in [1.54, 1.807) is 13.2 Å². The van der Waals surface area contributed by atoms with Crippen LogP contribution in [-0.4, -0.2) is 56.7 Å². The predicted octanol–water partition coefficient (Wildman–Crippen LogP) is 2.44. The molecule has 1 aliphatic heterocycles. The van der Waals surface area contributed by atoms with Gasteiger partial charge in [-0.2, -0.15) is 0 Å². The van der Waals surface area contributed by atoms with Gasteiger partial charge in [-0.15, -0.1) is 24.0 Å². The smallest absolute Gasteiger partial charge is 0.305 e. The van der Waals surface area contributed by atoms with Crippen LogP contribution in [-0.2, 0) is 9.53 Å². The first kappa shape index (κ1) is 22.8. The number of halogens is 2. The highest BCUT2D eigenvalue weighted by atomic mass is 127. The minimum atomic E-state index is -0.165. The van der Waals surface area contributed by atoms with E-state index >= 15 is 0 Å². The Hall–Kier alpha value is -1.29. The van der Waals surface area contributed by atoms with Crippen LogP contribution < -0.4 is 15.5 Å². The number of guanidine groups is 1. The number of rotatable bonds is 7. The van der Waals surface area contributed by atoms with E-state index in [1.165, 1.54) is 7.11 Å². The Morgan fingerprint density at radius 2 is 2.31 bits per heavy atom. The molecule has 0 aromatic carbocycles. The van der Waals surface area contributed by atoms with Crippen molar-refractivity contribution in [1.29, 1.82) is 0 Å². The van der Waals surface area contributed by atoms with Crippen LogP contribution in [0.4, 0.5) is 5.82 Å². The summed E-state index contributed by atoms with van der Waals surface area (Å²) in [5.41, 5.74) is 0. The van der Waals surface area contributed by atoms with Gasteiger partial charge in [-0.3, -0.25) is 9.79 Å². The van der Waals surface area contributed by atoms with Crippen molar-refractivity contribution in [1.82, 2.24) is 15.6 Å². The van der Waals surface area contributed by atoms with Crippen LogP contribution in [0.5, 0.6) is 0 Å². The summed E-state index contributed by atoms with van der Waals surface area (Å²) >= 11 is 6.22. The number of unbranched alkanes of at least 4 members (excludes halogenated alkanes) is 1. The van der Waals surface area contributed by atoms with Crippen LogP contribution in [0.3, 0.4) is 0 Å². The summed E-state index contributed by atoms with van der Waals surface area (Å²) in [6.07, 6.45) is 4.89. The first-order valence-corrected chi connectivity index (χ1v) is 8.91. The lowest BCUT2D eigenvalue weighted by Crippen LogP contribution is -2.44. The van der Waals surface area contributed by atoms with E-state index < -0.39 is 0 Å². The van der Waals surface area contributed by atoms with Crippen LogP contribution in [0.1, 0.15) is 25.7 Å². The van der Waals surface area contributed by atoms with Gasteiger partial charge in [0.1, 0.15) is 5.82 Å². The molecule has 0 saturated carbocycles. The summed E-state index contributed by atoms with van der Waals surface area (Å²) in [6.45, 7) is 2.50. The van der Waals surface area contributed by atoms with Gasteiger partial charge in [0.25, 0.3) is 0 Å². The highest BCUT2D eigenvalue weighted by Gasteiger charge is 2.25. The molecule has 146 valence electrons. The quantitative estimate of drug-likeness (QED) is 0.199. The van der Waals surface area contributed by atoms with Crippen LogP contribution in [0.2, 0.25) is 5.02 Å². The SMILES string of the molecule is CN=C(NCCCCC(=O)OC)NC1CCN(c2ncccc2Cl)C1.I. The summed E-state index contributed by atoms with van der Waals surface area (Å²) in [5.74, 6) is 1.44. The molecule has 2 heterocycles. The van der Waals surface area contributed by atoms with E-state index in [-0.39, 0.29) is 29.9 Å². The number of carbonyl (C=O) groups is 1. The number of hydrogen-bond acceptors (Lipinski definition) is 5. The molecule has 2 N–H and O–H groups in total. The van der Waals surface area contributed by atoms with Crippen LogP contribution >= 0.6 is 35.6 Å². The van der Waals surface area contributed by atoms with E-state index in [4.69, 9.17) is 11.6 Å². The van der Waals surface area contributed by atoms with Crippen LogP contribution in [0.25, 0.3) is 0 Å². The molecule has 26 heavy (non-hydrogen) atoms. The zero-order valence-electron chi connectivity index (χ0n) is 15.2. The topological polar surface area (TPSA) is 78.8 Å². The summed E-state index contributed by atoms with van der Waals surface area (Å²) in [7, 11) is 3.17. The molecule has 9 heteroatoms. The Bertz CT molecular complexity index is 602. The second-order valence-corrected chi connectivity index (χ2v) is 6.32. The average molecular weight is 496 g/mol. The van der Waals surface area contributed by atoms with Crippen molar-refractivity contribution in [3.63, 3.8) is 0 Å². The zero-order chi connectivity index (χ0) is 18.1. The van der Waals surface area contributed by atoms with E-state index in [0.717, 1.165) is 50.7 Å². The predicted molar refractivity (Wildman–Crippen MR) is 116 cm³/mol. The Labute approximate surface area is 177 Å². The molecule has 0 spiro atoms. The fourth-order valence-corrected chi connectivity index (χ4v) is 3.01. The third-order valence-electron chi connectivity index (χ3n) is 4.12. The van der Waals surface area contributed by atoms with E-state index in [2.05, 4.69) is 30.2 Å². The Kier molecular flexibility index (Phi) is 10.6. The van der Waals surface area contributed by atoms with Gasteiger partial charge >= 0.3 is 5.97 Å². The van der Waals surface area contributed by atoms with E-state index in [1.807, 2.05) is 12.1 Å². The Morgan fingerprint density at radius 1 is 1.50 bits per heavy atom. The second-order valence-electron chi connectivity index (χ2n) is 5.92. The second kappa shape index (κ2) is 12.2. The lowest BCUT2D eigenvalue weighted by Gasteiger charge is -2.20. The van der Waals surface area contributed by atoms with Crippen molar-refractivity contribution in [2.75, 3.05) is 38.7 Å². The Balaban J connectivity index is 0.00000338. The maximum atomic E-state index is 11.1. The highest BCUT2D eigenvalue weighted by Crippen LogP contribution is 2.25. The molecular weight excluding hydrogens is 469 g/mol. The van der Waals surface area contributed by atoms with Crippen molar-refractivity contribution in [2.24, 2.45) is 4.99 Å². The number of methoxy groups -OCH3 is 1. The van der Waals surface area contributed by atoms with Gasteiger partial charge in [-0.1, -0.05) is 11.6 Å². The average Bonchev–Trinajstić information content (AvgIpc) is 3.08. The minimum absolute atomic E-state index is 0. The summed E-state index contributed by atoms with van der Waals surface area (Å²) in [5, 5.41) is 7.39. The molecule has 1 fully saturated rings. The first-order chi connectivity index (χ1) is 12.1. The third-order valence-corrected chi connectivity index (χ3v) is 4.41. The molecule has 1 aliphatic rings. The Morgan fingerprint density at radius 3 is 3.00 bits per heavy atom. The van der Waals surface area contributed by atoms with Gasteiger partial charge in [0.05, 0.1) is 12.1 Å². The minimum Gasteiger partial charge on any atom is -0.469 e. The molecule has 0 radical (unpaired) electrons. The van der Waals surface area contributed by atoms with Gasteiger partial charge in [0.2, 0.25) is 0 Å². The molecule has 2 rings (SSSR count). The van der Waals surface area contributed by atoms with Crippen molar-refractivity contribution in [3.8, 4) is 0 Å². The fourth-order valence-electron chi connectivity index (χ4n) is 2.77. The number of anilines is 1. The molecule has 1 unspecified atom stereocenters. The van der Waals surface area contributed by atoms with Crippen molar-refractivity contribution >= 4 is 53.3 Å². The van der Waals surface area contributed by atoms with Gasteiger partial charge in [0.15, 0.2) is 5.96 Å². The maximum Gasteiger partial charge on any atom is 0.305 e. The van der Waals surface area contributed by atoms with Crippen molar-refractivity contribution in [2.45, 2.75) is 31.7 Å². The molecular formula is C17H27ClIN5O2. The number of nitrogens with zero attached hydrogens (tertiary/aromatic N) is 3. The standard InChI is InChI=1S/C17H26ClN5O2.HI/c1-19-17(21-9-4-3-7-15(24)25-2)22-13-8-11-23(12-13)16-14(18)6-5-10-20-16;/h5-6,10,13H,3-4,7-9,11-12H2,1-2H3,(H2,19,21,22);1H. The lowest BCUT2D eigenvalue weighted by atomic mass is 10.2. The first-order valence-electron chi connectivity index (χ1n) is 8.53. The molecule has 0 bridgehead atoms. The number of pyridine rings is 1. The van der Waals surface area contributed by atoms with E-state index in [0.29, 0.717) is 17.5 Å². The number of carbonyl (C=O) groups excluding carboxylic acids is 1. The summed E-state index contributed by atoms with van der Waals surface area (Å²) < 4.78 is 4.63. The lowest BCUT2D eigenvalue weighted by molar-refractivity contribution is -0.140. The van der Waals surface area contributed by atoms with Crippen molar-refractivity contribution < 1.29 is 9.53 Å². The van der Waals surface area contributed by atoms with Crippen molar-refractivity contribution in [3.05, 3.63) is 23.4 Å². The zero-order valence-corrected chi connectivity index (χ0v) is 18.3. The number of ether oxygens (including phenoxy) is 1. The van der Waals surface area contributed by atoms with Gasteiger partial charge in [-0.25, -0.2) is 4.98 Å². The van der Waals surface area contributed by atoms with Gasteiger partial charge < -0.3 is 20.3 Å². The highest BCUT2D eigenvalue weighted by molar-refractivity contribution is 14.0. The normalized spacial score (nSPS) is 16.8. The molecule has 7 nitrogen and oxygen atoms in total. The number of esters is 1. The van der Waals surface area contributed by atoms with Gasteiger partial charge in [0, 0.05) is 45.3 Å². The summed E-state index contributed by atoms with van der Waals surface area (Å²) in [4.78, 5) is 21.9. The molecule has 1 aromatic heterocycles. The fraction of sp³-hybridized carbons (Fsp3) is 0.588. The van der Waals surface area contributed by atoms with Gasteiger partial charge in [-0.05, 0) is 31.4 Å². The molecule has 1 aromatic rings. The van der Waals surface area contributed by atoms with Crippen LogP contribution in [0.15, 0.2) is 23.3 Å². The largest absolute Gasteiger partial charge is 0.469 e.